The molecule has 3 nitrogen and oxygen atoms in total. The molecule has 0 bridgehead atoms. The zero-order valence-electron chi connectivity index (χ0n) is 9.98. The maximum atomic E-state index is 12.0. The van der Waals surface area contributed by atoms with Crippen LogP contribution in [0, 0.1) is 0 Å². The van der Waals surface area contributed by atoms with Crippen LogP contribution >= 0.6 is 11.6 Å². The van der Waals surface area contributed by atoms with Gasteiger partial charge in [0.25, 0.3) is 5.91 Å². The highest BCUT2D eigenvalue weighted by atomic mass is 35.5. The Hall–Kier alpha value is -1.87. The molecule has 1 heterocycles. The van der Waals surface area contributed by atoms with Crippen molar-refractivity contribution in [2.45, 2.75) is 13.3 Å². The summed E-state index contributed by atoms with van der Waals surface area (Å²) in [5, 5.41) is 3.25. The van der Waals surface area contributed by atoms with E-state index < -0.39 is 0 Å². The summed E-state index contributed by atoms with van der Waals surface area (Å²) in [6, 6.07) is 11.0. The van der Waals surface area contributed by atoms with Gasteiger partial charge in [0.15, 0.2) is 0 Å². The Morgan fingerprint density at radius 3 is 2.72 bits per heavy atom. The molecule has 0 unspecified atom stereocenters. The number of anilines is 1. The number of hydrogen-bond donors (Lipinski definition) is 1. The van der Waals surface area contributed by atoms with E-state index in [0.29, 0.717) is 10.7 Å². The third kappa shape index (κ3) is 2.87. The number of hydrogen-bond acceptors (Lipinski definition) is 2. The first-order chi connectivity index (χ1) is 8.70. The predicted molar refractivity (Wildman–Crippen MR) is 73.0 cm³/mol. The molecule has 4 heteroatoms. The van der Waals surface area contributed by atoms with Gasteiger partial charge in [0, 0.05) is 11.9 Å². The second-order valence-corrected chi connectivity index (χ2v) is 4.22. The van der Waals surface area contributed by atoms with Gasteiger partial charge in [-0.15, -0.1) is 0 Å². The van der Waals surface area contributed by atoms with E-state index in [1.807, 2.05) is 24.3 Å². The summed E-state index contributed by atoms with van der Waals surface area (Å²) >= 11 is 5.68. The number of halogens is 1. The fraction of sp³-hybridized carbons (Fsp3) is 0.143. The molecule has 0 aliphatic carbocycles. The minimum atomic E-state index is -0.180. The molecule has 0 fully saturated rings. The molecule has 0 saturated carbocycles. The number of carbonyl (C=O) groups is 1. The molecule has 0 saturated heterocycles. The molecule has 1 N–H and O–H groups in total. The van der Waals surface area contributed by atoms with E-state index >= 15 is 0 Å². The van der Waals surface area contributed by atoms with Crippen LogP contribution in [0.1, 0.15) is 22.8 Å². The van der Waals surface area contributed by atoms with Crippen LogP contribution in [-0.2, 0) is 6.42 Å². The van der Waals surface area contributed by atoms with Crippen LogP contribution in [0.25, 0.3) is 0 Å². The lowest BCUT2D eigenvalue weighted by atomic mass is 10.1. The molecular weight excluding hydrogens is 248 g/mol. The first kappa shape index (κ1) is 12.6. The molecule has 1 amide bonds. The molecule has 1 aromatic heterocycles. The van der Waals surface area contributed by atoms with Crippen LogP contribution in [0.2, 0.25) is 5.15 Å². The van der Waals surface area contributed by atoms with Crippen molar-refractivity contribution in [3.63, 3.8) is 0 Å². The monoisotopic (exact) mass is 260 g/mol. The lowest BCUT2D eigenvalue weighted by molar-refractivity contribution is 0.102. The van der Waals surface area contributed by atoms with E-state index in [9.17, 15) is 4.79 Å². The van der Waals surface area contributed by atoms with Crippen LogP contribution in [-0.4, -0.2) is 10.9 Å². The average molecular weight is 261 g/mol. The van der Waals surface area contributed by atoms with Gasteiger partial charge in [-0.2, -0.15) is 0 Å². The van der Waals surface area contributed by atoms with Crippen LogP contribution in [0.3, 0.4) is 0 Å². The summed E-state index contributed by atoms with van der Waals surface area (Å²) in [5.41, 5.74) is 2.43. The van der Waals surface area contributed by atoms with Crippen molar-refractivity contribution < 1.29 is 4.79 Å². The Labute approximate surface area is 111 Å². The zero-order chi connectivity index (χ0) is 13.0. The number of pyridine rings is 1. The van der Waals surface area contributed by atoms with Gasteiger partial charge in [0.1, 0.15) is 5.15 Å². The first-order valence-corrected chi connectivity index (χ1v) is 6.09. The summed E-state index contributed by atoms with van der Waals surface area (Å²) in [6.45, 7) is 2.05. The standard InChI is InChI=1S/C14H13ClN2O/c1-2-10-5-3-4-6-12(10)17-14(18)11-7-8-13(15)16-9-11/h3-9H,2H2,1H3,(H,17,18). The Morgan fingerprint density at radius 2 is 2.06 bits per heavy atom. The molecule has 18 heavy (non-hydrogen) atoms. The molecule has 92 valence electrons. The third-order valence-corrected chi connectivity index (χ3v) is 2.86. The molecule has 0 radical (unpaired) electrons. The van der Waals surface area contributed by atoms with Gasteiger partial charge in [-0.3, -0.25) is 4.79 Å². The number of nitrogens with one attached hydrogen (secondary N) is 1. The average Bonchev–Trinajstić information content (AvgIpc) is 2.40. The number of aromatic nitrogens is 1. The summed E-state index contributed by atoms with van der Waals surface area (Å²) in [5.74, 6) is -0.180. The van der Waals surface area contributed by atoms with Gasteiger partial charge in [-0.1, -0.05) is 36.7 Å². The Balaban J connectivity index is 2.18. The van der Waals surface area contributed by atoms with E-state index in [1.54, 1.807) is 12.1 Å². The highest BCUT2D eigenvalue weighted by molar-refractivity contribution is 6.29. The number of amides is 1. The topological polar surface area (TPSA) is 42.0 Å². The van der Waals surface area contributed by atoms with Gasteiger partial charge < -0.3 is 5.32 Å². The third-order valence-electron chi connectivity index (χ3n) is 2.64. The van der Waals surface area contributed by atoms with Gasteiger partial charge in [0.05, 0.1) is 5.56 Å². The minimum Gasteiger partial charge on any atom is -0.322 e. The summed E-state index contributed by atoms with van der Waals surface area (Å²) in [7, 11) is 0. The fourth-order valence-electron chi connectivity index (χ4n) is 1.66. The number of benzene rings is 1. The zero-order valence-corrected chi connectivity index (χ0v) is 10.7. The van der Waals surface area contributed by atoms with E-state index in [0.717, 1.165) is 17.7 Å². The van der Waals surface area contributed by atoms with Crippen LogP contribution in [0.15, 0.2) is 42.6 Å². The molecule has 0 spiro atoms. The lowest BCUT2D eigenvalue weighted by Gasteiger charge is -2.09. The van der Waals surface area contributed by atoms with E-state index in [-0.39, 0.29) is 5.91 Å². The van der Waals surface area contributed by atoms with Crippen molar-refractivity contribution in [1.82, 2.24) is 4.98 Å². The predicted octanol–water partition coefficient (Wildman–Crippen LogP) is 3.55. The van der Waals surface area contributed by atoms with Crippen LogP contribution < -0.4 is 5.32 Å². The van der Waals surface area contributed by atoms with Crippen LogP contribution in [0.5, 0.6) is 0 Å². The van der Waals surface area contributed by atoms with Gasteiger partial charge in [-0.05, 0) is 30.2 Å². The Kier molecular flexibility index (Phi) is 3.95. The molecule has 0 atom stereocenters. The normalized spacial score (nSPS) is 10.1. The minimum absolute atomic E-state index is 0.180. The fourth-order valence-corrected chi connectivity index (χ4v) is 1.77. The van der Waals surface area contributed by atoms with Crippen molar-refractivity contribution in [2.24, 2.45) is 0 Å². The highest BCUT2D eigenvalue weighted by Gasteiger charge is 2.08. The Morgan fingerprint density at radius 1 is 1.28 bits per heavy atom. The van der Waals surface area contributed by atoms with E-state index in [1.165, 1.54) is 6.20 Å². The number of carbonyl (C=O) groups excluding carboxylic acids is 1. The molecular formula is C14H13ClN2O. The van der Waals surface area contributed by atoms with Crippen molar-refractivity contribution in [3.05, 3.63) is 58.9 Å². The Bertz CT molecular complexity index is 552. The SMILES string of the molecule is CCc1ccccc1NC(=O)c1ccc(Cl)nc1. The smallest absolute Gasteiger partial charge is 0.257 e. The second-order valence-electron chi connectivity index (χ2n) is 3.83. The molecule has 1 aromatic carbocycles. The highest BCUT2D eigenvalue weighted by Crippen LogP contribution is 2.16. The van der Waals surface area contributed by atoms with Gasteiger partial charge >= 0.3 is 0 Å². The van der Waals surface area contributed by atoms with Crippen molar-refractivity contribution >= 4 is 23.2 Å². The molecule has 0 aliphatic heterocycles. The number of rotatable bonds is 3. The van der Waals surface area contributed by atoms with E-state index in [4.69, 9.17) is 11.6 Å². The largest absolute Gasteiger partial charge is 0.322 e. The second kappa shape index (κ2) is 5.65. The van der Waals surface area contributed by atoms with Crippen molar-refractivity contribution in [1.29, 1.82) is 0 Å². The van der Waals surface area contributed by atoms with E-state index in [2.05, 4.69) is 17.2 Å². The lowest BCUT2D eigenvalue weighted by Crippen LogP contribution is -2.13. The van der Waals surface area contributed by atoms with Gasteiger partial charge in [-0.25, -0.2) is 4.98 Å². The van der Waals surface area contributed by atoms with Crippen LogP contribution in [0.4, 0.5) is 5.69 Å². The summed E-state index contributed by atoms with van der Waals surface area (Å²) in [6.07, 6.45) is 2.33. The molecule has 0 aliphatic rings. The quantitative estimate of drug-likeness (QED) is 0.858. The molecule has 2 rings (SSSR count). The maximum Gasteiger partial charge on any atom is 0.257 e. The number of para-hydroxylation sites is 1. The summed E-state index contributed by atoms with van der Waals surface area (Å²) < 4.78 is 0. The number of nitrogens with zero attached hydrogens (tertiary/aromatic N) is 1. The molecule has 2 aromatic rings. The maximum absolute atomic E-state index is 12.0. The number of aryl methyl sites for hydroxylation is 1. The van der Waals surface area contributed by atoms with Crippen molar-refractivity contribution in [2.75, 3.05) is 5.32 Å². The van der Waals surface area contributed by atoms with Gasteiger partial charge in [0.2, 0.25) is 0 Å². The first-order valence-electron chi connectivity index (χ1n) is 5.71. The van der Waals surface area contributed by atoms with Crippen molar-refractivity contribution in [3.8, 4) is 0 Å². The summed E-state index contributed by atoms with van der Waals surface area (Å²) in [4.78, 5) is 15.9.